The van der Waals surface area contributed by atoms with Crippen molar-refractivity contribution in [3.63, 3.8) is 0 Å². The zero-order chi connectivity index (χ0) is 27.7. The molecule has 0 spiro atoms. The van der Waals surface area contributed by atoms with Crippen LogP contribution in [0.1, 0.15) is 17.5 Å². The summed E-state index contributed by atoms with van der Waals surface area (Å²) in [5.74, 6) is 0.0513. The molecule has 1 fully saturated rings. The monoisotopic (exact) mass is 524 g/mol. The van der Waals surface area contributed by atoms with E-state index in [0.29, 0.717) is 36.5 Å². The van der Waals surface area contributed by atoms with E-state index in [-0.39, 0.29) is 47.9 Å². The van der Waals surface area contributed by atoms with Gasteiger partial charge in [0, 0.05) is 19.6 Å². The molecule has 3 rings (SSSR count). The number of carbonyl (C=O) groups excluding carboxylic acids is 3. The number of hydrogen-bond acceptors (Lipinski definition) is 9. The lowest BCUT2D eigenvalue weighted by atomic mass is 10.1. The number of piperazine rings is 1. The zero-order valence-electron chi connectivity index (χ0n) is 21.6. The Balaban J connectivity index is 1.57. The smallest absolute Gasteiger partial charge is 0.415 e. The average molecular weight is 525 g/mol. The molecule has 0 radical (unpaired) electrons. The van der Waals surface area contributed by atoms with Crippen molar-refractivity contribution < 1.29 is 38.8 Å². The highest BCUT2D eigenvalue weighted by molar-refractivity contribution is 6.10. The number of aliphatic hydroxyl groups excluding tert-OH is 1. The number of amides is 1. The van der Waals surface area contributed by atoms with E-state index >= 15 is 0 Å². The number of methoxy groups -OCH3 is 2. The van der Waals surface area contributed by atoms with Gasteiger partial charge in [-0.1, -0.05) is 24.3 Å². The van der Waals surface area contributed by atoms with Crippen LogP contribution >= 0.6 is 0 Å². The molecule has 1 aliphatic heterocycles. The number of ether oxygens (including phenoxy) is 3. The first-order chi connectivity index (χ1) is 18.2. The lowest BCUT2D eigenvalue weighted by molar-refractivity contribution is -0.121. The minimum atomic E-state index is -0.536. The summed E-state index contributed by atoms with van der Waals surface area (Å²) in [7, 11) is 4.76. The normalized spacial score (nSPS) is 16.1. The first-order valence-electron chi connectivity index (χ1n) is 12.0. The third-order valence-electron chi connectivity index (χ3n) is 6.11. The van der Waals surface area contributed by atoms with E-state index in [0.717, 1.165) is 0 Å². The SMILES string of the molecule is COc1cc(/C=C/C(=O)CC(=O)/C=C/c2ccc(OC(=O)N3CCN(C)C(CO)C3)c(OC)c2)ccc1O. The van der Waals surface area contributed by atoms with Gasteiger partial charge >= 0.3 is 6.09 Å². The van der Waals surface area contributed by atoms with E-state index in [1.165, 1.54) is 43.4 Å². The number of likely N-dealkylation sites (N-methyl/N-ethyl adjacent to an activating group) is 1. The number of benzene rings is 2. The zero-order valence-corrected chi connectivity index (χ0v) is 21.6. The van der Waals surface area contributed by atoms with Crippen molar-refractivity contribution in [2.24, 2.45) is 0 Å². The first kappa shape index (κ1) is 28.4. The third kappa shape index (κ3) is 7.67. The molecule has 1 saturated heterocycles. The highest BCUT2D eigenvalue weighted by atomic mass is 16.6. The summed E-state index contributed by atoms with van der Waals surface area (Å²) in [6.45, 7) is 1.40. The number of rotatable bonds is 10. The Morgan fingerprint density at radius 3 is 2.13 bits per heavy atom. The van der Waals surface area contributed by atoms with Crippen LogP contribution in [0.2, 0.25) is 0 Å². The fourth-order valence-corrected chi connectivity index (χ4v) is 3.81. The molecule has 0 saturated carbocycles. The number of nitrogens with zero attached hydrogens (tertiary/aromatic N) is 2. The van der Waals surface area contributed by atoms with Crippen LogP contribution in [0.15, 0.2) is 48.6 Å². The van der Waals surface area contributed by atoms with E-state index in [9.17, 15) is 24.6 Å². The minimum absolute atomic E-state index is 0.00895. The molecule has 1 atom stereocenters. The van der Waals surface area contributed by atoms with Gasteiger partial charge in [0.2, 0.25) is 0 Å². The van der Waals surface area contributed by atoms with Gasteiger partial charge < -0.3 is 29.3 Å². The van der Waals surface area contributed by atoms with Crippen molar-refractivity contribution in [1.82, 2.24) is 9.80 Å². The summed E-state index contributed by atoms with van der Waals surface area (Å²) in [6, 6.07) is 9.35. The van der Waals surface area contributed by atoms with E-state index in [4.69, 9.17) is 14.2 Å². The van der Waals surface area contributed by atoms with Gasteiger partial charge in [0.15, 0.2) is 34.6 Å². The molecule has 1 amide bonds. The lowest BCUT2D eigenvalue weighted by Crippen LogP contribution is -2.55. The van der Waals surface area contributed by atoms with Gasteiger partial charge in [-0.2, -0.15) is 0 Å². The Morgan fingerprint density at radius 1 is 0.921 bits per heavy atom. The van der Waals surface area contributed by atoms with Crippen molar-refractivity contribution in [2.45, 2.75) is 12.5 Å². The highest BCUT2D eigenvalue weighted by Crippen LogP contribution is 2.30. The van der Waals surface area contributed by atoms with Gasteiger partial charge in [-0.05, 0) is 54.6 Å². The van der Waals surface area contributed by atoms with E-state index in [2.05, 4.69) is 0 Å². The molecule has 1 unspecified atom stereocenters. The van der Waals surface area contributed by atoms with Crippen molar-refractivity contribution in [1.29, 1.82) is 0 Å². The maximum absolute atomic E-state index is 12.6. The number of ketones is 2. The van der Waals surface area contributed by atoms with E-state index in [1.807, 2.05) is 11.9 Å². The van der Waals surface area contributed by atoms with Crippen molar-refractivity contribution >= 4 is 29.8 Å². The highest BCUT2D eigenvalue weighted by Gasteiger charge is 2.28. The molecule has 1 aliphatic rings. The number of aromatic hydroxyl groups is 1. The van der Waals surface area contributed by atoms with Crippen LogP contribution in [0.3, 0.4) is 0 Å². The second-order valence-electron chi connectivity index (χ2n) is 8.75. The Kier molecular flexibility index (Phi) is 10.0. The number of carbonyl (C=O) groups is 3. The summed E-state index contributed by atoms with van der Waals surface area (Å²) in [4.78, 5) is 40.6. The maximum Gasteiger partial charge on any atom is 0.415 e. The van der Waals surface area contributed by atoms with Crippen molar-refractivity contribution in [2.75, 3.05) is 47.5 Å². The second kappa shape index (κ2) is 13.4. The molecular weight excluding hydrogens is 492 g/mol. The summed E-state index contributed by atoms with van der Waals surface area (Å²) in [5, 5.41) is 19.1. The van der Waals surface area contributed by atoms with Gasteiger partial charge in [-0.25, -0.2) is 4.79 Å². The summed E-state index contributed by atoms with van der Waals surface area (Å²) < 4.78 is 15.9. The number of aliphatic hydroxyl groups is 1. The van der Waals surface area contributed by atoms with E-state index in [1.54, 1.807) is 36.4 Å². The van der Waals surface area contributed by atoms with E-state index < -0.39 is 6.09 Å². The van der Waals surface area contributed by atoms with Gasteiger partial charge in [0.05, 0.1) is 33.3 Å². The van der Waals surface area contributed by atoms with Crippen LogP contribution in [-0.2, 0) is 9.59 Å². The topological polar surface area (TPSA) is 126 Å². The van der Waals surface area contributed by atoms with Crippen LogP contribution < -0.4 is 14.2 Å². The predicted molar refractivity (Wildman–Crippen MR) is 141 cm³/mol. The van der Waals surface area contributed by atoms with Crippen LogP contribution in [0.5, 0.6) is 23.0 Å². The van der Waals surface area contributed by atoms with Crippen LogP contribution in [0, 0.1) is 0 Å². The molecule has 10 nitrogen and oxygen atoms in total. The number of allylic oxidation sites excluding steroid dienone is 2. The number of hydrogen-bond donors (Lipinski definition) is 2. The summed E-state index contributed by atoms with van der Waals surface area (Å²) >= 11 is 0. The molecule has 38 heavy (non-hydrogen) atoms. The molecule has 10 heteroatoms. The number of phenols is 1. The molecule has 2 aromatic carbocycles. The van der Waals surface area contributed by atoms with Gasteiger partial charge in [-0.3, -0.25) is 14.5 Å². The van der Waals surface area contributed by atoms with Gasteiger partial charge in [-0.15, -0.1) is 0 Å². The Bertz CT molecular complexity index is 1220. The second-order valence-corrected chi connectivity index (χ2v) is 8.75. The van der Waals surface area contributed by atoms with Gasteiger partial charge in [0.1, 0.15) is 0 Å². The molecular formula is C28H32N2O8. The molecule has 0 aromatic heterocycles. The molecule has 0 bridgehead atoms. The third-order valence-corrected chi connectivity index (χ3v) is 6.11. The van der Waals surface area contributed by atoms with Gasteiger partial charge in [0.25, 0.3) is 0 Å². The molecule has 2 N–H and O–H groups in total. The standard InChI is InChI=1S/C28H32N2O8/c1-29-12-13-30(17-21(29)18-31)28(35)38-25-11-7-20(15-27(25)37-3)5-9-23(33)16-22(32)8-4-19-6-10-24(34)26(14-19)36-2/h4-11,14-15,21,31,34H,12-13,16-18H2,1-3H3/b8-4+,9-5+. The van der Waals surface area contributed by atoms with Crippen molar-refractivity contribution in [3.05, 3.63) is 59.7 Å². The summed E-state index contributed by atoms with van der Waals surface area (Å²) in [5.41, 5.74) is 1.26. The molecule has 2 aromatic rings. The molecule has 0 aliphatic carbocycles. The predicted octanol–water partition coefficient (Wildman–Crippen LogP) is 2.77. The summed E-state index contributed by atoms with van der Waals surface area (Å²) in [6.07, 6.45) is 4.84. The van der Waals surface area contributed by atoms with Crippen LogP contribution in [-0.4, -0.2) is 91.2 Å². The Labute approximate surface area is 221 Å². The fourth-order valence-electron chi connectivity index (χ4n) is 3.81. The largest absolute Gasteiger partial charge is 0.504 e. The van der Waals surface area contributed by atoms with Crippen LogP contribution in [0.25, 0.3) is 12.2 Å². The molecule has 202 valence electrons. The first-order valence-corrected chi connectivity index (χ1v) is 12.0. The molecule has 1 heterocycles. The Morgan fingerprint density at radius 2 is 1.53 bits per heavy atom. The van der Waals surface area contributed by atoms with Crippen LogP contribution in [0.4, 0.5) is 4.79 Å². The fraction of sp³-hybridized carbons (Fsp3) is 0.321. The number of phenolic OH excluding ortho intramolecular Hbond substituents is 1. The lowest BCUT2D eigenvalue weighted by Gasteiger charge is -2.37. The average Bonchev–Trinajstić information content (AvgIpc) is 2.92. The maximum atomic E-state index is 12.6. The van der Waals surface area contributed by atoms with Crippen molar-refractivity contribution in [3.8, 4) is 23.0 Å². The Hall–Kier alpha value is -4.15. The quantitative estimate of drug-likeness (QED) is 0.356. The minimum Gasteiger partial charge on any atom is -0.504 e.